The number of benzene rings is 1. The number of esters is 2. The average Bonchev–Trinajstić information content (AvgIpc) is 2.81. The summed E-state index contributed by atoms with van der Waals surface area (Å²) in [6.45, 7) is 8.81. The Kier molecular flexibility index (Phi) is 13.2. The first-order valence-electron chi connectivity index (χ1n) is 11.5. The zero-order valence-electron chi connectivity index (χ0n) is 20.9. The van der Waals surface area contributed by atoms with E-state index in [-0.39, 0.29) is 43.7 Å². The molecule has 1 rings (SSSR count). The topological polar surface area (TPSA) is 150 Å². The molecule has 0 amide bonds. The van der Waals surface area contributed by atoms with Gasteiger partial charge in [-0.1, -0.05) is 33.8 Å². The molecular weight excluding hydrogens is 462 g/mol. The molecule has 0 aliphatic rings. The Hall–Kier alpha value is -3.34. The molecule has 0 spiro atoms. The van der Waals surface area contributed by atoms with Gasteiger partial charge in [0.1, 0.15) is 18.8 Å². The third-order valence-electron chi connectivity index (χ3n) is 4.25. The zero-order valence-corrected chi connectivity index (χ0v) is 20.9. The zero-order chi connectivity index (χ0) is 26.4. The van der Waals surface area contributed by atoms with Crippen LogP contribution in [-0.4, -0.2) is 56.2 Å². The molecule has 0 bridgehead atoms. The smallest absolute Gasteiger partial charge is 0.461 e. The fraction of sp³-hybridized carbons (Fsp3) is 0.583. The highest BCUT2D eigenvalue weighted by Gasteiger charge is 2.21. The molecule has 0 aliphatic carbocycles. The van der Waals surface area contributed by atoms with Crippen LogP contribution < -0.4 is 15.2 Å². The minimum atomic E-state index is -1.05. The minimum absolute atomic E-state index is 0.0277. The summed E-state index contributed by atoms with van der Waals surface area (Å²) in [7, 11) is 0. The summed E-state index contributed by atoms with van der Waals surface area (Å²) in [5.41, 5.74) is 6.46. The molecule has 0 aromatic heterocycles. The predicted molar refractivity (Wildman–Crippen MR) is 124 cm³/mol. The van der Waals surface area contributed by atoms with Crippen LogP contribution in [0, 0.1) is 5.92 Å². The number of ether oxygens (including phenoxy) is 6. The van der Waals surface area contributed by atoms with E-state index in [2.05, 4.69) is 0 Å². The van der Waals surface area contributed by atoms with Gasteiger partial charge in [0.05, 0.1) is 19.1 Å². The second-order valence-corrected chi connectivity index (χ2v) is 8.02. The third kappa shape index (κ3) is 11.6. The molecule has 1 aromatic carbocycles. The molecule has 0 fully saturated rings. The van der Waals surface area contributed by atoms with Crippen molar-refractivity contribution in [1.29, 1.82) is 0 Å². The normalized spacial score (nSPS) is 12.3. The molecule has 0 heterocycles. The van der Waals surface area contributed by atoms with E-state index >= 15 is 0 Å². The minimum Gasteiger partial charge on any atom is -0.461 e. The highest BCUT2D eigenvalue weighted by Crippen LogP contribution is 2.30. The number of carbonyl (C=O) groups is 4. The van der Waals surface area contributed by atoms with Gasteiger partial charge >= 0.3 is 24.2 Å². The summed E-state index contributed by atoms with van der Waals surface area (Å²) in [6, 6.07) is 3.28. The first-order valence-corrected chi connectivity index (χ1v) is 11.5. The third-order valence-corrected chi connectivity index (χ3v) is 4.25. The van der Waals surface area contributed by atoms with Crippen molar-refractivity contribution in [1.82, 2.24) is 0 Å². The van der Waals surface area contributed by atoms with Crippen molar-refractivity contribution in [2.45, 2.75) is 66.0 Å². The van der Waals surface area contributed by atoms with Crippen LogP contribution in [0.3, 0.4) is 0 Å². The Morgan fingerprint density at radius 1 is 0.829 bits per heavy atom. The number of nitrogens with two attached hydrogens (primary N) is 1. The van der Waals surface area contributed by atoms with Gasteiger partial charge in [0.2, 0.25) is 0 Å². The molecule has 0 aliphatic heterocycles. The second kappa shape index (κ2) is 15.5. The lowest BCUT2D eigenvalue weighted by atomic mass is 10.1. The number of carbonyl (C=O) groups excluding carboxylic acids is 4. The summed E-state index contributed by atoms with van der Waals surface area (Å²) in [6.07, 6.45) is -1.34. The maximum absolute atomic E-state index is 12.3. The number of rotatable bonds is 13. The van der Waals surface area contributed by atoms with Crippen molar-refractivity contribution in [2.75, 3.05) is 19.8 Å². The monoisotopic (exact) mass is 497 g/mol. The van der Waals surface area contributed by atoms with Gasteiger partial charge in [-0.05, 0) is 43.9 Å². The fourth-order valence-electron chi connectivity index (χ4n) is 2.46. The standard InChI is InChI=1S/C24H35NO10/c1-6-10-30-23(28)34-19-9-8-17(13-20(19)35-24(29)31-11-7-2)12-18(25)22(27)32-14-16(5)33-21(26)15(3)4/h8-9,13,15-16,18H,6-7,10-12,14,25H2,1-5H3/t16-,18-/m0/s1. The van der Waals surface area contributed by atoms with Gasteiger partial charge in [0, 0.05) is 0 Å². The Morgan fingerprint density at radius 3 is 1.94 bits per heavy atom. The molecule has 196 valence electrons. The number of hydrogen-bond donors (Lipinski definition) is 1. The molecule has 11 heteroatoms. The van der Waals surface area contributed by atoms with E-state index < -0.39 is 36.4 Å². The van der Waals surface area contributed by atoms with E-state index in [1.165, 1.54) is 12.1 Å². The maximum atomic E-state index is 12.3. The molecular formula is C24H35NO10. The van der Waals surface area contributed by atoms with Crippen LogP contribution in [0.15, 0.2) is 18.2 Å². The van der Waals surface area contributed by atoms with Gasteiger partial charge in [0.25, 0.3) is 0 Å². The van der Waals surface area contributed by atoms with Gasteiger partial charge in [-0.15, -0.1) is 0 Å². The van der Waals surface area contributed by atoms with Crippen LogP contribution in [0.25, 0.3) is 0 Å². The van der Waals surface area contributed by atoms with Crippen LogP contribution in [-0.2, 0) is 35.0 Å². The lowest BCUT2D eigenvalue weighted by Crippen LogP contribution is -2.36. The Labute approximate surface area is 205 Å². The highest BCUT2D eigenvalue weighted by atomic mass is 16.7. The van der Waals surface area contributed by atoms with Gasteiger partial charge in [-0.3, -0.25) is 9.59 Å². The molecule has 0 saturated heterocycles. The number of hydrogen-bond acceptors (Lipinski definition) is 11. The van der Waals surface area contributed by atoms with Gasteiger partial charge < -0.3 is 34.2 Å². The van der Waals surface area contributed by atoms with Crippen molar-refractivity contribution in [3.63, 3.8) is 0 Å². The van der Waals surface area contributed by atoms with E-state index in [1.807, 2.05) is 13.8 Å². The van der Waals surface area contributed by atoms with E-state index in [1.54, 1.807) is 26.8 Å². The fourth-order valence-corrected chi connectivity index (χ4v) is 2.46. The maximum Gasteiger partial charge on any atom is 0.513 e. The van der Waals surface area contributed by atoms with E-state index in [9.17, 15) is 19.2 Å². The highest BCUT2D eigenvalue weighted by molar-refractivity contribution is 5.76. The quantitative estimate of drug-likeness (QED) is 0.242. The van der Waals surface area contributed by atoms with Crippen molar-refractivity contribution in [2.24, 2.45) is 11.7 Å². The average molecular weight is 498 g/mol. The van der Waals surface area contributed by atoms with Gasteiger partial charge in [-0.2, -0.15) is 0 Å². The van der Waals surface area contributed by atoms with Gasteiger partial charge in [-0.25, -0.2) is 9.59 Å². The van der Waals surface area contributed by atoms with Crippen LogP contribution in [0.4, 0.5) is 9.59 Å². The van der Waals surface area contributed by atoms with E-state index in [0.29, 0.717) is 18.4 Å². The molecule has 0 saturated carbocycles. The summed E-state index contributed by atoms with van der Waals surface area (Å²) >= 11 is 0. The molecule has 2 atom stereocenters. The molecule has 1 aromatic rings. The summed E-state index contributed by atoms with van der Waals surface area (Å²) in [4.78, 5) is 47.7. The van der Waals surface area contributed by atoms with Crippen molar-refractivity contribution < 1.29 is 47.6 Å². The van der Waals surface area contributed by atoms with E-state index in [0.717, 1.165) is 0 Å². The summed E-state index contributed by atoms with van der Waals surface area (Å²) in [5, 5.41) is 0. The van der Waals surface area contributed by atoms with E-state index in [4.69, 9.17) is 34.2 Å². The lowest BCUT2D eigenvalue weighted by Gasteiger charge is -2.17. The first kappa shape index (κ1) is 29.7. The van der Waals surface area contributed by atoms with Crippen LogP contribution >= 0.6 is 0 Å². The molecule has 0 unspecified atom stereocenters. The molecule has 2 N–H and O–H groups in total. The summed E-state index contributed by atoms with van der Waals surface area (Å²) in [5.74, 6) is -1.58. The summed E-state index contributed by atoms with van der Waals surface area (Å²) < 4.78 is 30.4. The van der Waals surface area contributed by atoms with Gasteiger partial charge in [0.15, 0.2) is 11.5 Å². The second-order valence-electron chi connectivity index (χ2n) is 8.02. The molecule has 35 heavy (non-hydrogen) atoms. The first-order chi connectivity index (χ1) is 16.6. The van der Waals surface area contributed by atoms with Crippen molar-refractivity contribution >= 4 is 24.2 Å². The van der Waals surface area contributed by atoms with Crippen LogP contribution in [0.2, 0.25) is 0 Å². The van der Waals surface area contributed by atoms with Crippen molar-refractivity contribution in [3.8, 4) is 11.5 Å². The molecule has 0 radical (unpaired) electrons. The predicted octanol–water partition coefficient (Wildman–Crippen LogP) is 3.54. The van der Waals surface area contributed by atoms with Crippen LogP contribution in [0.1, 0.15) is 53.0 Å². The Bertz CT molecular complexity index is 855. The lowest BCUT2D eigenvalue weighted by molar-refractivity contribution is -0.161. The SMILES string of the molecule is CCCOC(=O)Oc1ccc(C[C@H](N)C(=O)OC[C@H](C)OC(=O)C(C)C)cc1OC(=O)OCCC. The van der Waals surface area contributed by atoms with Crippen LogP contribution in [0.5, 0.6) is 11.5 Å². The molecule has 11 nitrogen and oxygen atoms in total. The Balaban J connectivity index is 2.84. The Morgan fingerprint density at radius 2 is 1.40 bits per heavy atom. The largest absolute Gasteiger partial charge is 0.513 e. The van der Waals surface area contributed by atoms with Crippen molar-refractivity contribution in [3.05, 3.63) is 23.8 Å².